The van der Waals surface area contributed by atoms with Crippen LogP contribution < -0.4 is 0 Å². The maximum atomic E-state index is 8.66. The van der Waals surface area contributed by atoms with Crippen LogP contribution in [0.1, 0.15) is 13.3 Å². The first-order chi connectivity index (χ1) is 9.99. The third-order valence-electron chi connectivity index (χ3n) is 3.30. The molecule has 1 aliphatic heterocycles. The largest absolute Gasteiger partial charge is 0.396 e. The molecule has 1 rings (SSSR count). The van der Waals surface area contributed by atoms with E-state index in [1.54, 1.807) is 0 Å². The van der Waals surface area contributed by atoms with E-state index in [1.165, 1.54) is 0 Å². The van der Waals surface area contributed by atoms with E-state index in [1.807, 2.05) is 6.92 Å². The predicted molar refractivity (Wildman–Crippen MR) is 75.6 cm³/mol. The molecular weight excluding hydrogens is 284 g/mol. The second-order valence-electron chi connectivity index (χ2n) is 5.07. The molecule has 8 nitrogen and oxygen atoms in total. The molecule has 1 heterocycles. The van der Waals surface area contributed by atoms with Crippen LogP contribution >= 0.6 is 0 Å². The molecule has 0 aromatic rings. The van der Waals surface area contributed by atoms with Gasteiger partial charge >= 0.3 is 0 Å². The Morgan fingerprint density at radius 2 is 0.857 bits per heavy atom. The van der Waals surface area contributed by atoms with Crippen LogP contribution in [0.5, 0.6) is 0 Å². The monoisotopic (exact) mass is 314 g/mol. The van der Waals surface area contributed by atoms with Crippen molar-refractivity contribution in [3.8, 4) is 0 Å². The van der Waals surface area contributed by atoms with Gasteiger partial charge in [0.15, 0.2) is 0 Å². The van der Waals surface area contributed by atoms with Crippen LogP contribution in [0.25, 0.3) is 0 Å². The Bertz CT molecular complexity index is 156. The molecule has 0 aromatic heterocycles. The molecule has 1 fully saturated rings. The molecule has 8 heteroatoms. The topological polar surface area (TPSA) is 154 Å². The maximum Gasteiger partial charge on any atom is 0.0701 e. The lowest BCUT2D eigenvalue weighted by atomic mass is 9.88. The Hall–Kier alpha value is -0.320. The van der Waals surface area contributed by atoms with Crippen molar-refractivity contribution in [2.24, 2.45) is 10.8 Å². The van der Waals surface area contributed by atoms with Crippen LogP contribution in [0.3, 0.4) is 0 Å². The minimum Gasteiger partial charge on any atom is -0.396 e. The van der Waals surface area contributed by atoms with E-state index in [4.69, 9.17) is 35.7 Å². The van der Waals surface area contributed by atoms with E-state index < -0.39 is 37.3 Å². The third-order valence-corrected chi connectivity index (χ3v) is 3.30. The van der Waals surface area contributed by atoms with E-state index in [2.05, 4.69) is 4.74 Å². The van der Waals surface area contributed by atoms with E-state index >= 15 is 0 Å². The summed E-state index contributed by atoms with van der Waals surface area (Å²) in [6.07, 6.45) is 0.594. The van der Waals surface area contributed by atoms with Crippen LogP contribution in [-0.2, 0) is 4.74 Å². The summed E-state index contributed by atoms with van der Waals surface area (Å²) in [5.74, 6) is 0. The molecule has 0 unspecified atom stereocenters. The zero-order valence-corrected chi connectivity index (χ0v) is 12.6. The molecule has 0 radical (unpaired) electrons. The van der Waals surface area contributed by atoms with Crippen molar-refractivity contribution >= 4 is 0 Å². The summed E-state index contributed by atoms with van der Waals surface area (Å²) in [6, 6.07) is 0. The molecule has 0 atom stereocenters. The zero-order valence-electron chi connectivity index (χ0n) is 12.6. The van der Waals surface area contributed by atoms with E-state index in [0.29, 0.717) is 6.42 Å². The normalized spacial score (nSPS) is 13.7. The van der Waals surface area contributed by atoms with Crippen molar-refractivity contribution < 1.29 is 40.5 Å². The zero-order chi connectivity index (χ0) is 16.8. The fraction of sp³-hybridized carbons (Fsp3) is 1.00. The molecular formula is C13H30O8. The minimum absolute atomic E-state index is 0.156. The molecule has 130 valence electrons. The van der Waals surface area contributed by atoms with E-state index in [-0.39, 0.29) is 19.8 Å². The van der Waals surface area contributed by atoms with Gasteiger partial charge in [-0.05, 0) is 6.42 Å². The van der Waals surface area contributed by atoms with Crippen LogP contribution in [0.15, 0.2) is 0 Å². The van der Waals surface area contributed by atoms with Crippen LogP contribution in [-0.4, -0.2) is 95.2 Å². The van der Waals surface area contributed by atoms with Crippen molar-refractivity contribution in [1.29, 1.82) is 0 Å². The summed E-state index contributed by atoms with van der Waals surface area (Å²) in [7, 11) is 0. The van der Waals surface area contributed by atoms with Gasteiger partial charge in [0.2, 0.25) is 0 Å². The highest BCUT2D eigenvalue weighted by Gasteiger charge is 2.26. The Morgan fingerprint density at radius 3 is 0.857 bits per heavy atom. The first kappa shape index (κ1) is 23.0. The van der Waals surface area contributed by atoms with Crippen LogP contribution in [0, 0.1) is 10.8 Å². The lowest BCUT2D eigenvalue weighted by molar-refractivity contribution is -0.0328. The summed E-state index contributed by atoms with van der Waals surface area (Å²) in [4.78, 5) is 0. The first-order valence-corrected chi connectivity index (χ1v) is 6.83. The SMILES string of the molecule is C1CO1.CCC(CO)(CO)CO.OCC(CO)(CO)CO. The fourth-order valence-corrected chi connectivity index (χ4v) is 0.785. The lowest BCUT2D eigenvalue weighted by Gasteiger charge is -2.24. The van der Waals surface area contributed by atoms with E-state index in [9.17, 15) is 0 Å². The standard InChI is InChI=1S/C6H14O3.C5H12O4.C2H4O/c1-2-6(3-7,4-8)5-9;6-1-5(2-7,3-8)4-9;1-2-3-1/h7-9H,2-5H2,1H3;6-9H,1-4H2;1-2H2. The first-order valence-electron chi connectivity index (χ1n) is 6.83. The molecule has 0 aromatic carbocycles. The number of aliphatic hydroxyl groups excluding tert-OH is 7. The van der Waals surface area contributed by atoms with Crippen LogP contribution in [0.4, 0.5) is 0 Å². The van der Waals surface area contributed by atoms with Crippen molar-refractivity contribution in [3.63, 3.8) is 0 Å². The average molecular weight is 314 g/mol. The average Bonchev–Trinajstić information content (AvgIpc) is 3.43. The fourth-order valence-electron chi connectivity index (χ4n) is 0.785. The highest BCUT2D eigenvalue weighted by molar-refractivity contribution is 4.75. The Kier molecular flexibility index (Phi) is 14.6. The maximum absolute atomic E-state index is 8.66. The van der Waals surface area contributed by atoms with Crippen molar-refractivity contribution in [2.45, 2.75) is 13.3 Å². The number of hydrogen-bond acceptors (Lipinski definition) is 8. The molecule has 21 heavy (non-hydrogen) atoms. The van der Waals surface area contributed by atoms with Gasteiger partial charge in [0.1, 0.15) is 0 Å². The molecule has 0 amide bonds. The summed E-state index contributed by atoms with van der Waals surface area (Å²) in [5, 5.41) is 60.0. The van der Waals surface area contributed by atoms with Crippen molar-refractivity contribution in [2.75, 3.05) is 59.5 Å². The molecule has 7 N–H and O–H groups in total. The summed E-state index contributed by atoms with van der Waals surface area (Å²) >= 11 is 0. The Labute approximate surface area is 125 Å². The molecule has 0 saturated carbocycles. The van der Waals surface area contributed by atoms with Gasteiger partial charge in [0.05, 0.1) is 64.9 Å². The Balaban J connectivity index is 0. The number of epoxide rings is 1. The molecule has 0 spiro atoms. The van der Waals surface area contributed by atoms with Crippen molar-refractivity contribution in [1.82, 2.24) is 0 Å². The van der Waals surface area contributed by atoms with Gasteiger partial charge in [-0.2, -0.15) is 0 Å². The second kappa shape index (κ2) is 13.4. The van der Waals surface area contributed by atoms with Gasteiger partial charge in [-0.15, -0.1) is 0 Å². The highest BCUT2D eigenvalue weighted by atomic mass is 16.6. The lowest BCUT2D eigenvalue weighted by Crippen LogP contribution is -2.37. The Morgan fingerprint density at radius 1 is 0.619 bits per heavy atom. The number of aliphatic hydroxyl groups is 7. The smallest absolute Gasteiger partial charge is 0.0701 e. The number of hydrogen-bond donors (Lipinski definition) is 7. The minimum atomic E-state index is -1.11. The third kappa shape index (κ3) is 10.1. The molecule has 0 aliphatic carbocycles. The summed E-state index contributed by atoms with van der Waals surface area (Å²) < 4.78 is 4.50. The van der Waals surface area contributed by atoms with Gasteiger partial charge < -0.3 is 40.5 Å². The van der Waals surface area contributed by atoms with Gasteiger partial charge in [-0.1, -0.05) is 6.92 Å². The predicted octanol–water partition coefficient (Wildman–Crippen LogP) is -2.68. The number of rotatable bonds is 8. The van der Waals surface area contributed by atoms with E-state index in [0.717, 1.165) is 13.2 Å². The quantitative estimate of drug-likeness (QED) is 0.239. The second-order valence-corrected chi connectivity index (χ2v) is 5.07. The van der Waals surface area contributed by atoms with Gasteiger partial charge in [-0.3, -0.25) is 0 Å². The number of ether oxygens (including phenoxy) is 1. The summed E-state index contributed by atoms with van der Waals surface area (Å²) in [5.41, 5.74) is -1.78. The van der Waals surface area contributed by atoms with Gasteiger partial charge in [-0.25, -0.2) is 0 Å². The van der Waals surface area contributed by atoms with Crippen LogP contribution in [0.2, 0.25) is 0 Å². The summed E-state index contributed by atoms with van der Waals surface area (Å²) in [6.45, 7) is 1.73. The van der Waals surface area contributed by atoms with Crippen molar-refractivity contribution in [3.05, 3.63) is 0 Å². The highest BCUT2D eigenvalue weighted by Crippen LogP contribution is 2.18. The molecule has 0 bridgehead atoms. The van der Waals surface area contributed by atoms with Gasteiger partial charge in [0.25, 0.3) is 0 Å². The van der Waals surface area contributed by atoms with Gasteiger partial charge in [0, 0.05) is 5.41 Å². The molecule has 1 aliphatic rings. The molecule has 1 saturated heterocycles.